The summed E-state index contributed by atoms with van der Waals surface area (Å²) in [6.07, 6.45) is 2.61. The van der Waals surface area contributed by atoms with Gasteiger partial charge in [0.15, 0.2) is 5.58 Å². The standard InChI is InChI=1S/C15H17NO/c1-15(2,3)14-10-5-4-8-6-9-7-11(9)12(8)13(10)17-16-14/h4-5,9,11H,6-7H2,1-3H3. The molecule has 2 unspecified atom stereocenters. The molecule has 0 spiro atoms. The highest BCUT2D eigenvalue weighted by molar-refractivity contribution is 5.86. The van der Waals surface area contributed by atoms with Crippen LogP contribution in [0.25, 0.3) is 11.0 Å². The van der Waals surface area contributed by atoms with Crippen LogP contribution in [0.4, 0.5) is 0 Å². The zero-order chi connectivity index (χ0) is 11.8. The van der Waals surface area contributed by atoms with Crippen LogP contribution in [0.5, 0.6) is 0 Å². The van der Waals surface area contributed by atoms with Gasteiger partial charge < -0.3 is 4.52 Å². The zero-order valence-electron chi connectivity index (χ0n) is 10.6. The summed E-state index contributed by atoms with van der Waals surface area (Å²) in [5, 5.41) is 5.55. The van der Waals surface area contributed by atoms with E-state index in [2.05, 4.69) is 38.1 Å². The fourth-order valence-corrected chi connectivity index (χ4v) is 3.30. The van der Waals surface area contributed by atoms with Crippen molar-refractivity contribution < 1.29 is 4.52 Å². The number of rotatable bonds is 0. The first-order chi connectivity index (χ1) is 8.05. The van der Waals surface area contributed by atoms with Crippen molar-refractivity contribution in [2.45, 2.75) is 44.9 Å². The van der Waals surface area contributed by atoms with Crippen molar-refractivity contribution in [3.63, 3.8) is 0 Å². The van der Waals surface area contributed by atoms with Crippen molar-refractivity contribution in [2.24, 2.45) is 5.92 Å². The van der Waals surface area contributed by atoms with Gasteiger partial charge in [0.2, 0.25) is 0 Å². The Morgan fingerprint density at radius 3 is 2.88 bits per heavy atom. The Hall–Kier alpha value is -1.31. The topological polar surface area (TPSA) is 26.0 Å². The Balaban J connectivity index is 2.02. The summed E-state index contributed by atoms with van der Waals surface area (Å²) in [7, 11) is 0. The second-order valence-electron chi connectivity index (χ2n) is 6.60. The Morgan fingerprint density at radius 2 is 2.12 bits per heavy atom. The predicted octanol–water partition coefficient (Wildman–Crippen LogP) is 3.78. The van der Waals surface area contributed by atoms with E-state index in [-0.39, 0.29) is 5.41 Å². The minimum atomic E-state index is 0.0566. The molecule has 2 aliphatic rings. The lowest BCUT2D eigenvalue weighted by Gasteiger charge is -2.14. The lowest BCUT2D eigenvalue weighted by atomic mass is 9.89. The number of nitrogens with zero attached hydrogens (tertiary/aromatic N) is 1. The van der Waals surface area contributed by atoms with Crippen LogP contribution in [0, 0.1) is 5.92 Å². The molecule has 0 radical (unpaired) electrons. The first-order valence-corrected chi connectivity index (χ1v) is 6.47. The van der Waals surface area contributed by atoms with Crippen molar-refractivity contribution in [3.8, 4) is 0 Å². The summed E-state index contributed by atoms with van der Waals surface area (Å²) in [5.74, 6) is 1.67. The summed E-state index contributed by atoms with van der Waals surface area (Å²) < 4.78 is 5.67. The molecule has 2 atom stereocenters. The molecular weight excluding hydrogens is 210 g/mol. The molecule has 1 aromatic carbocycles. The number of aromatic nitrogens is 1. The third-order valence-electron chi connectivity index (χ3n) is 4.26. The van der Waals surface area contributed by atoms with Crippen LogP contribution in [0.2, 0.25) is 0 Å². The highest BCUT2D eigenvalue weighted by Crippen LogP contribution is 2.58. The van der Waals surface area contributed by atoms with Gasteiger partial charge in [-0.2, -0.15) is 0 Å². The van der Waals surface area contributed by atoms with Crippen LogP contribution in [-0.2, 0) is 11.8 Å². The summed E-state index contributed by atoms with van der Waals surface area (Å²) >= 11 is 0. The van der Waals surface area contributed by atoms with Gasteiger partial charge in [0.05, 0.1) is 5.69 Å². The molecule has 2 heteroatoms. The third-order valence-corrected chi connectivity index (χ3v) is 4.26. The van der Waals surface area contributed by atoms with Crippen molar-refractivity contribution in [1.82, 2.24) is 5.16 Å². The van der Waals surface area contributed by atoms with Gasteiger partial charge in [0, 0.05) is 16.4 Å². The van der Waals surface area contributed by atoms with E-state index in [0.717, 1.165) is 23.1 Å². The quantitative estimate of drug-likeness (QED) is 0.684. The smallest absolute Gasteiger partial charge is 0.170 e. The van der Waals surface area contributed by atoms with Crippen LogP contribution in [0.15, 0.2) is 16.7 Å². The molecule has 88 valence electrons. The van der Waals surface area contributed by atoms with Crippen molar-refractivity contribution in [1.29, 1.82) is 0 Å². The highest BCUT2D eigenvalue weighted by Gasteiger charge is 2.47. The summed E-state index contributed by atoms with van der Waals surface area (Å²) in [6.45, 7) is 6.58. The maximum absolute atomic E-state index is 5.67. The molecule has 2 aliphatic carbocycles. The van der Waals surface area contributed by atoms with E-state index in [1.54, 1.807) is 0 Å². The lowest BCUT2D eigenvalue weighted by Crippen LogP contribution is -2.11. The lowest BCUT2D eigenvalue weighted by molar-refractivity contribution is 0.418. The van der Waals surface area contributed by atoms with E-state index in [4.69, 9.17) is 4.52 Å². The molecule has 4 rings (SSSR count). The van der Waals surface area contributed by atoms with Gasteiger partial charge in [-0.15, -0.1) is 0 Å². The summed E-state index contributed by atoms with van der Waals surface area (Å²) in [5.41, 5.74) is 5.18. The molecule has 2 aromatic rings. The molecule has 1 fully saturated rings. The number of fused-ring (bicyclic) bond motifs is 5. The molecule has 2 nitrogen and oxygen atoms in total. The monoisotopic (exact) mass is 227 g/mol. The molecule has 1 aromatic heterocycles. The molecule has 1 heterocycles. The van der Waals surface area contributed by atoms with Gasteiger partial charge >= 0.3 is 0 Å². The van der Waals surface area contributed by atoms with Gasteiger partial charge in [-0.05, 0) is 36.3 Å². The zero-order valence-corrected chi connectivity index (χ0v) is 10.6. The molecule has 0 saturated heterocycles. The van der Waals surface area contributed by atoms with E-state index < -0.39 is 0 Å². The molecule has 0 bridgehead atoms. The summed E-state index contributed by atoms with van der Waals surface area (Å²) in [4.78, 5) is 0. The van der Waals surface area contributed by atoms with Crippen molar-refractivity contribution in [2.75, 3.05) is 0 Å². The van der Waals surface area contributed by atoms with Gasteiger partial charge in [0.25, 0.3) is 0 Å². The second-order valence-corrected chi connectivity index (χ2v) is 6.60. The van der Waals surface area contributed by atoms with E-state index in [1.807, 2.05) is 0 Å². The average Bonchev–Trinajstić information content (AvgIpc) is 2.74. The fraction of sp³-hybridized carbons (Fsp3) is 0.533. The van der Waals surface area contributed by atoms with Crippen LogP contribution in [0.3, 0.4) is 0 Å². The first kappa shape index (κ1) is 9.69. The third kappa shape index (κ3) is 1.18. The van der Waals surface area contributed by atoms with Crippen LogP contribution >= 0.6 is 0 Å². The molecule has 17 heavy (non-hydrogen) atoms. The van der Waals surface area contributed by atoms with Crippen molar-refractivity contribution in [3.05, 3.63) is 29.0 Å². The van der Waals surface area contributed by atoms with E-state index >= 15 is 0 Å². The minimum absolute atomic E-state index is 0.0566. The van der Waals surface area contributed by atoms with Gasteiger partial charge in [-0.25, -0.2) is 0 Å². The highest BCUT2D eigenvalue weighted by atomic mass is 16.5. The van der Waals surface area contributed by atoms with Crippen molar-refractivity contribution >= 4 is 11.0 Å². The van der Waals surface area contributed by atoms with Gasteiger partial charge in [-0.1, -0.05) is 32.0 Å². The molecule has 0 aliphatic heterocycles. The van der Waals surface area contributed by atoms with Gasteiger partial charge in [-0.3, -0.25) is 0 Å². The van der Waals surface area contributed by atoms with Crippen LogP contribution < -0.4 is 0 Å². The van der Waals surface area contributed by atoms with Crippen LogP contribution in [0.1, 0.15) is 49.9 Å². The fourth-order valence-electron chi connectivity index (χ4n) is 3.30. The Kier molecular flexibility index (Phi) is 1.56. The molecule has 0 amide bonds. The van der Waals surface area contributed by atoms with Crippen LogP contribution in [-0.4, -0.2) is 5.16 Å². The predicted molar refractivity (Wildman–Crippen MR) is 67.3 cm³/mol. The Bertz CT molecular complexity index is 618. The average molecular weight is 227 g/mol. The molecule has 0 N–H and O–H groups in total. The maximum Gasteiger partial charge on any atom is 0.170 e. The SMILES string of the molecule is CC(C)(C)c1noc2c3c(ccc12)CC1CC31. The maximum atomic E-state index is 5.67. The second kappa shape index (κ2) is 2.74. The largest absolute Gasteiger partial charge is 0.356 e. The van der Waals surface area contributed by atoms with E-state index in [0.29, 0.717) is 0 Å². The number of hydrogen-bond donors (Lipinski definition) is 0. The Morgan fingerprint density at radius 1 is 1.29 bits per heavy atom. The van der Waals surface area contributed by atoms with Gasteiger partial charge in [0.1, 0.15) is 0 Å². The molecular formula is C15H17NO. The number of hydrogen-bond acceptors (Lipinski definition) is 2. The molecule has 1 saturated carbocycles. The normalized spacial score (nSPS) is 26.1. The number of benzene rings is 1. The van der Waals surface area contributed by atoms with E-state index in [9.17, 15) is 0 Å². The first-order valence-electron chi connectivity index (χ1n) is 6.47. The summed E-state index contributed by atoms with van der Waals surface area (Å²) in [6, 6.07) is 4.49. The van der Waals surface area contributed by atoms with E-state index in [1.165, 1.54) is 29.4 Å². The minimum Gasteiger partial charge on any atom is -0.356 e. The Labute approximate surface area is 101 Å².